The number of fused-ring (bicyclic) bond motifs is 1. The van der Waals surface area contributed by atoms with Gasteiger partial charge in [-0.1, -0.05) is 0 Å². The zero-order valence-corrected chi connectivity index (χ0v) is 8.22. The van der Waals surface area contributed by atoms with Crippen LogP contribution in [-0.4, -0.2) is 5.11 Å². The zero-order chi connectivity index (χ0) is 10.3. The summed E-state index contributed by atoms with van der Waals surface area (Å²) in [5.41, 5.74) is 0. The Morgan fingerprint density at radius 1 is 1.43 bits per heavy atom. The van der Waals surface area contributed by atoms with Crippen molar-refractivity contribution >= 4 is 22.4 Å². The third kappa shape index (κ3) is 1.30. The van der Waals surface area contributed by atoms with Gasteiger partial charge in [0.2, 0.25) is 0 Å². The van der Waals surface area contributed by atoms with Crippen molar-refractivity contribution in [1.82, 2.24) is 0 Å². The van der Waals surface area contributed by atoms with Crippen LogP contribution in [0.25, 0.3) is 10.8 Å². The minimum Gasteiger partial charge on any atom is -0.505 e. The average Bonchev–Trinajstić information content (AvgIpc) is 2.15. The lowest BCUT2D eigenvalue weighted by Crippen LogP contribution is -2.28. The van der Waals surface area contributed by atoms with E-state index in [2.05, 4.69) is 0 Å². The predicted octanol–water partition coefficient (Wildman–Crippen LogP) is 2.16. The van der Waals surface area contributed by atoms with Crippen molar-refractivity contribution in [2.45, 2.75) is 0 Å². The van der Waals surface area contributed by atoms with E-state index in [0.717, 1.165) is 0 Å². The van der Waals surface area contributed by atoms with Gasteiger partial charge in [-0.2, -0.15) is 4.57 Å². The van der Waals surface area contributed by atoms with E-state index >= 15 is 0 Å². The van der Waals surface area contributed by atoms with E-state index in [9.17, 15) is 4.39 Å². The van der Waals surface area contributed by atoms with Gasteiger partial charge in [0.1, 0.15) is 7.05 Å². The number of pyridine rings is 1. The van der Waals surface area contributed by atoms with Gasteiger partial charge in [-0.3, -0.25) is 0 Å². The maximum absolute atomic E-state index is 13.0. The molecule has 1 heterocycles. The molecular weight excluding hydrogens is 205 g/mol. The zero-order valence-electron chi connectivity index (χ0n) is 7.46. The Kier molecular flexibility index (Phi) is 2.04. The van der Waals surface area contributed by atoms with Crippen LogP contribution < -0.4 is 4.57 Å². The lowest BCUT2D eigenvalue weighted by atomic mass is 10.1. The van der Waals surface area contributed by atoms with Gasteiger partial charge < -0.3 is 5.11 Å². The van der Waals surface area contributed by atoms with Crippen LogP contribution in [0.15, 0.2) is 24.4 Å². The van der Waals surface area contributed by atoms with Crippen LogP contribution >= 0.6 is 11.6 Å². The number of halogens is 2. The molecule has 0 fully saturated rings. The second-order valence-corrected chi connectivity index (χ2v) is 3.47. The molecule has 0 aliphatic heterocycles. The predicted molar refractivity (Wildman–Crippen MR) is 51.8 cm³/mol. The summed E-state index contributed by atoms with van der Waals surface area (Å²) in [6.07, 6.45) is 1.75. The van der Waals surface area contributed by atoms with E-state index in [-0.39, 0.29) is 5.75 Å². The van der Waals surface area contributed by atoms with E-state index in [4.69, 9.17) is 16.7 Å². The molecule has 1 N–H and O–H groups in total. The number of phenolic OH excluding ortho intramolecular Hbond substituents is 1. The molecule has 2 nitrogen and oxygen atoms in total. The molecule has 0 bridgehead atoms. The topological polar surface area (TPSA) is 24.1 Å². The molecule has 0 radical (unpaired) electrons. The molecule has 0 atom stereocenters. The summed E-state index contributed by atoms with van der Waals surface area (Å²) in [6.45, 7) is 0. The maximum Gasteiger partial charge on any atom is 0.282 e. The summed E-state index contributed by atoms with van der Waals surface area (Å²) in [5, 5.41) is 10.9. The summed E-state index contributed by atoms with van der Waals surface area (Å²) >= 11 is 5.97. The first kappa shape index (κ1) is 9.21. The van der Waals surface area contributed by atoms with Crippen molar-refractivity contribution in [2.24, 2.45) is 7.05 Å². The lowest BCUT2D eigenvalue weighted by Gasteiger charge is -2.00. The Morgan fingerprint density at radius 2 is 2.14 bits per heavy atom. The highest BCUT2D eigenvalue weighted by atomic mass is 35.5. The number of aryl methyl sites for hydroxylation is 1. The van der Waals surface area contributed by atoms with Gasteiger partial charge in [-0.25, -0.2) is 4.39 Å². The van der Waals surface area contributed by atoms with Gasteiger partial charge in [0.15, 0.2) is 17.8 Å². The van der Waals surface area contributed by atoms with Gasteiger partial charge in [0, 0.05) is 6.07 Å². The summed E-state index contributed by atoms with van der Waals surface area (Å²) in [5.74, 6) is -1.02. The first-order valence-electron chi connectivity index (χ1n) is 4.06. The van der Waals surface area contributed by atoms with Crippen LogP contribution in [0.5, 0.6) is 5.75 Å². The fourth-order valence-corrected chi connectivity index (χ4v) is 1.56. The fraction of sp³-hybridized carbons (Fsp3) is 0.100. The number of aromatic nitrogens is 1. The van der Waals surface area contributed by atoms with Crippen molar-refractivity contribution in [3.8, 4) is 5.75 Å². The Morgan fingerprint density at radius 3 is 2.86 bits per heavy atom. The van der Waals surface area contributed by atoms with E-state index < -0.39 is 5.82 Å². The number of phenols is 1. The van der Waals surface area contributed by atoms with Gasteiger partial charge in [0.25, 0.3) is 5.15 Å². The van der Waals surface area contributed by atoms with Crippen LogP contribution in [0.2, 0.25) is 5.15 Å². The van der Waals surface area contributed by atoms with Crippen molar-refractivity contribution in [2.75, 3.05) is 0 Å². The molecule has 0 aliphatic carbocycles. The smallest absolute Gasteiger partial charge is 0.282 e. The molecule has 0 aliphatic rings. The second-order valence-electron chi connectivity index (χ2n) is 3.11. The molecule has 14 heavy (non-hydrogen) atoms. The Hall–Kier alpha value is -1.35. The number of benzene rings is 1. The maximum atomic E-state index is 13.0. The van der Waals surface area contributed by atoms with Crippen LogP contribution in [0.1, 0.15) is 0 Å². The van der Waals surface area contributed by atoms with Crippen LogP contribution in [0, 0.1) is 5.82 Å². The fourth-order valence-electron chi connectivity index (χ4n) is 1.34. The highest BCUT2D eigenvalue weighted by Crippen LogP contribution is 2.26. The van der Waals surface area contributed by atoms with E-state index in [0.29, 0.717) is 15.9 Å². The molecule has 4 heteroatoms. The normalized spacial score (nSPS) is 10.8. The van der Waals surface area contributed by atoms with E-state index in [1.807, 2.05) is 0 Å². The standard InChI is InChI=1S/C10H7ClFNO/c1-13-3-2-6-4-9(14)8(12)5-7(6)10(13)11/h2-5H,1H3/p+1. The number of rotatable bonds is 0. The highest BCUT2D eigenvalue weighted by molar-refractivity contribution is 6.33. The average molecular weight is 213 g/mol. The van der Waals surface area contributed by atoms with Crippen LogP contribution in [-0.2, 0) is 7.05 Å². The van der Waals surface area contributed by atoms with Gasteiger partial charge in [-0.15, -0.1) is 0 Å². The summed E-state index contributed by atoms with van der Waals surface area (Å²) in [7, 11) is 1.77. The first-order chi connectivity index (χ1) is 6.59. The Balaban J connectivity index is 2.89. The third-order valence-electron chi connectivity index (χ3n) is 2.13. The number of hydrogen-bond acceptors (Lipinski definition) is 1. The lowest BCUT2D eigenvalue weighted by molar-refractivity contribution is -0.667. The van der Waals surface area contributed by atoms with Crippen molar-refractivity contribution in [3.63, 3.8) is 0 Å². The number of nitrogens with zero attached hydrogens (tertiary/aromatic N) is 1. The Bertz CT molecular complexity index is 513. The second kappa shape index (κ2) is 3.10. The summed E-state index contributed by atoms with van der Waals surface area (Å²) in [4.78, 5) is 0. The quantitative estimate of drug-likeness (QED) is 0.525. The molecule has 0 saturated heterocycles. The molecule has 72 valence electrons. The first-order valence-corrected chi connectivity index (χ1v) is 4.44. The van der Waals surface area contributed by atoms with Crippen molar-refractivity contribution < 1.29 is 14.1 Å². The molecule has 0 saturated carbocycles. The Labute approximate surface area is 85.2 Å². The minimum absolute atomic E-state index is 0.359. The van der Waals surface area contributed by atoms with Crippen LogP contribution in [0.4, 0.5) is 4.39 Å². The van der Waals surface area contributed by atoms with Gasteiger partial charge in [0.05, 0.1) is 5.39 Å². The molecule has 1 aromatic heterocycles. The molecule has 0 unspecified atom stereocenters. The number of aromatic hydroxyl groups is 1. The highest BCUT2D eigenvalue weighted by Gasteiger charge is 2.12. The molecule has 2 rings (SSSR count). The number of hydrogen-bond donors (Lipinski definition) is 1. The van der Waals surface area contributed by atoms with Crippen LogP contribution in [0.3, 0.4) is 0 Å². The molecular formula is C10H8ClFNO+. The van der Waals surface area contributed by atoms with Gasteiger partial charge >= 0.3 is 0 Å². The van der Waals surface area contributed by atoms with E-state index in [1.165, 1.54) is 12.1 Å². The monoisotopic (exact) mass is 212 g/mol. The third-order valence-corrected chi connectivity index (χ3v) is 2.60. The van der Waals surface area contributed by atoms with Gasteiger partial charge in [-0.05, 0) is 29.1 Å². The summed E-state index contributed by atoms with van der Waals surface area (Å²) in [6, 6.07) is 4.35. The minimum atomic E-state index is -0.661. The van der Waals surface area contributed by atoms with Crippen molar-refractivity contribution in [1.29, 1.82) is 0 Å². The largest absolute Gasteiger partial charge is 0.505 e. The SMILES string of the molecule is C[n+]1ccc2cc(O)c(F)cc2c1Cl. The molecule has 0 spiro atoms. The molecule has 1 aromatic carbocycles. The molecule has 2 aromatic rings. The van der Waals surface area contributed by atoms with Crippen molar-refractivity contribution in [3.05, 3.63) is 35.4 Å². The molecule has 0 amide bonds. The summed E-state index contributed by atoms with van der Waals surface area (Å²) < 4.78 is 14.7. The van der Waals surface area contributed by atoms with E-state index in [1.54, 1.807) is 23.9 Å².